The second-order valence-corrected chi connectivity index (χ2v) is 6.18. The van der Waals surface area contributed by atoms with Crippen molar-refractivity contribution in [2.45, 2.75) is 38.7 Å². The van der Waals surface area contributed by atoms with Crippen LogP contribution in [-0.2, 0) is 11.2 Å². The molecule has 5 nitrogen and oxygen atoms in total. The van der Waals surface area contributed by atoms with Crippen LogP contribution in [0.15, 0.2) is 12.1 Å². The number of halogens is 1. The number of carbonyl (C=O) groups is 1. The lowest BCUT2D eigenvalue weighted by Crippen LogP contribution is -3.00. The van der Waals surface area contributed by atoms with Crippen molar-refractivity contribution in [3.8, 4) is 11.5 Å². The Morgan fingerprint density at radius 3 is 2.78 bits per heavy atom. The van der Waals surface area contributed by atoms with Gasteiger partial charge in [0.25, 0.3) is 0 Å². The van der Waals surface area contributed by atoms with Crippen LogP contribution in [0.5, 0.6) is 11.5 Å². The van der Waals surface area contributed by atoms with Crippen LogP contribution < -0.4 is 27.2 Å². The van der Waals surface area contributed by atoms with E-state index in [9.17, 15) is 4.79 Å². The Hall–Kier alpha value is -1.46. The lowest BCUT2D eigenvalue weighted by molar-refractivity contribution is -0.117. The first-order chi connectivity index (χ1) is 10.7. The van der Waals surface area contributed by atoms with Crippen LogP contribution in [0.25, 0.3) is 0 Å². The van der Waals surface area contributed by atoms with E-state index in [-0.39, 0.29) is 24.4 Å². The van der Waals surface area contributed by atoms with E-state index in [1.165, 1.54) is 19.3 Å². The summed E-state index contributed by atoms with van der Waals surface area (Å²) in [4.78, 5) is 14.5. The minimum atomic E-state index is 0. The highest BCUT2D eigenvalue weighted by atomic mass is 35.5. The number of benzene rings is 1. The van der Waals surface area contributed by atoms with Gasteiger partial charge >= 0.3 is 0 Å². The maximum atomic E-state index is 12.3. The van der Waals surface area contributed by atoms with Crippen molar-refractivity contribution < 1.29 is 26.7 Å². The van der Waals surface area contributed by atoms with Crippen LogP contribution in [-0.4, -0.2) is 43.7 Å². The van der Waals surface area contributed by atoms with Gasteiger partial charge in [0.05, 0.1) is 19.3 Å². The van der Waals surface area contributed by atoms with Gasteiger partial charge in [0.2, 0.25) is 5.91 Å². The maximum Gasteiger partial charge on any atom is 0.238 e. The summed E-state index contributed by atoms with van der Waals surface area (Å²) < 4.78 is 11.2. The first-order valence-corrected chi connectivity index (χ1v) is 8.05. The summed E-state index contributed by atoms with van der Waals surface area (Å²) in [5.74, 6) is 1.55. The van der Waals surface area contributed by atoms with Crippen LogP contribution in [0.2, 0.25) is 0 Å². The lowest BCUT2D eigenvalue weighted by atomic mass is 10.1. The van der Waals surface area contributed by atoms with Crippen LogP contribution in [0.1, 0.15) is 31.7 Å². The number of likely N-dealkylation sites (tertiary alicyclic amines) is 1. The van der Waals surface area contributed by atoms with Gasteiger partial charge in [0.15, 0.2) is 0 Å². The third kappa shape index (κ3) is 4.30. The summed E-state index contributed by atoms with van der Waals surface area (Å²) >= 11 is 0. The molecule has 2 aliphatic rings. The number of nitrogens with zero attached hydrogens (tertiary/aromatic N) is 1. The minimum Gasteiger partial charge on any atom is -1.00 e. The molecule has 3 rings (SSSR count). The van der Waals surface area contributed by atoms with Gasteiger partial charge in [-0.25, -0.2) is 0 Å². The Kier molecular flexibility index (Phi) is 6.13. The van der Waals surface area contributed by atoms with Crippen LogP contribution in [0, 0.1) is 0 Å². The Labute approximate surface area is 143 Å². The number of anilines is 1. The molecule has 0 radical (unpaired) electrons. The fourth-order valence-electron chi connectivity index (χ4n) is 3.22. The number of ether oxygens (including phenoxy) is 2. The third-order valence-electron chi connectivity index (χ3n) is 4.31. The molecule has 1 atom stereocenters. The SMILES string of the molecule is COc1cc2c(cc1NC(=O)CN1CCCCC1)OC(C)C2.[Cl-]. The lowest BCUT2D eigenvalue weighted by Gasteiger charge is -2.25. The number of carbonyl (C=O) groups excluding carboxylic acids is 1. The molecule has 2 aliphatic heterocycles. The van der Waals surface area contributed by atoms with Gasteiger partial charge in [-0.2, -0.15) is 0 Å². The zero-order valence-corrected chi connectivity index (χ0v) is 14.5. The van der Waals surface area contributed by atoms with E-state index >= 15 is 0 Å². The van der Waals surface area contributed by atoms with Crippen molar-refractivity contribution in [3.05, 3.63) is 17.7 Å². The van der Waals surface area contributed by atoms with Gasteiger partial charge in [-0.15, -0.1) is 0 Å². The van der Waals surface area contributed by atoms with Gasteiger partial charge in [0, 0.05) is 18.1 Å². The normalized spacial score (nSPS) is 20.2. The molecule has 1 fully saturated rings. The number of piperidine rings is 1. The van der Waals surface area contributed by atoms with Gasteiger partial charge in [-0.1, -0.05) is 6.42 Å². The Bertz CT molecular complexity index is 559. The van der Waals surface area contributed by atoms with E-state index in [1.54, 1.807) is 7.11 Å². The molecule has 1 unspecified atom stereocenters. The third-order valence-corrected chi connectivity index (χ3v) is 4.31. The van der Waals surface area contributed by atoms with Crippen molar-refractivity contribution in [3.63, 3.8) is 0 Å². The minimum absolute atomic E-state index is 0. The van der Waals surface area contributed by atoms with E-state index in [1.807, 2.05) is 19.1 Å². The Morgan fingerprint density at radius 2 is 2.09 bits per heavy atom. The number of methoxy groups -OCH3 is 1. The average molecular weight is 340 g/mol. The quantitative estimate of drug-likeness (QED) is 0.799. The number of fused-ring (bicyclic) bond motifs is 1. The van der Waals surface area contributed by atoms with Gasteiger partial charge in [-0.3, -0.25) is 9.69 Å². The van der Waals surface area contributed by atoms with Crippen LogP contribution in [0.4, 0.5) is 5.69 Å². The van der Waals surface area contributed by atoms with Gasteiger partial charge in [0.1, 0.15) is 17.6 Å². The molecule has 6 heteroatoms. The maximum absolute atomic E-state index is 12.3. The number of nitrogens with one attached hydrogen (secondary N) is 1. The summed E-state index contributed by atoms with van der Waals surface area (Å²) in [6.45, 7) is 4.50. The number of rotatable bonds is 4. The number of hydrogen-bond acceptors (Lipinski definition) is 4. The summed E-state index contributed by atoms with van der Waals surface area (Å²) in [7, 11) is 1.63. The van der Waals surface area contributed by atoms with Crippen molar-refractivity contribution in [2.75, 3.05) is 32.1 Å². The highest BCUT2D eigenvalue weighted by Gasteiger charge is 2.23. The summed E-state index contributed by atoms with van der Waals surface area (Å²) in [6.07, 6.45) is 4.70. The largest absolute Gasteiger partial charge is 1.00 e. The van der Waals surface area contributed by atoms with Gasteiger partial charge in [-0.05, 0) is 38.9 Å². The molecule has 0 aliphatic carbocycles. The fraction of sp³-hybridized carbons (Fsp3) is 0.588. The smallest absolute Gasteiger partial charge is 0.238 e. The second kappa shape index (κ2) is 7.88. The second-order valence-electron chi connectivity index (χ2n) is 6.18. The summed E-state index contributed by atoms with van der Waals surface area (Å²) in [5, 5.41) is 2.97. The van der Waals surface area contributed by atoms with Crippen molar-refractivity contribution in [1.82, 2.24) is 4.90 Å². The highest BCUT2D eigenvalue weighted by Crippen LogP contribution is 2.37. The molecule has 1 saturated heterocycles. The number of amides is 1. The van der Waals surface area contributed by atoms with Crippen LogP contribution in [0.3, 0.4) is 0 Å². The molecule has 0 aromatic heterocycles. The molecule has 1 amide bonds. The van der Waals surface area contributed by atoms with Gasteiger partial charge < -0.3 is 27.2 Å². The highest BCUT2D eigenvalue weighted by molar-refractivity contribution is 5.94. The summed E-state index contributed by atoms with van der Waals surface area (Å²) in [5.41, 5.74) is 1.83. The number of hydrogen-bond donors (Lipinski definition) is 1. The van der Waals surface area contributed by atoms with E-state index in [2.05, 4.69) is 10.2 Å². The van der Waals surface area contributed by atoms with E-state index in [0.717, 1.165) is 30.8 Å². The molecular weight excluding hydrogens is 316 g/mol. The molecule has 1 aromatic carbocycles. The average Bonchev–Trinajstić information content (AvgIpc) is 2.86. The predicted molar refractivity (Wildman–Crippen MR) is 85.7 cm³/mol. The molecule has 128 valence electrons. The Morgan fingerprint density at radius 1 is 1.35 bits per heavy atom. The van der Waals surface area contributed by atoms with E-state index in [4.69, 9.17) is 9.47 Å². The van der Waals surface area contributed by atoms with E-state index < -0.39 is 0 Å². The molecule has 0 bridgehead atoms. The molecule has 23 heavy (non-hydrogen) atoms. The fourth-order valence-corrected chi connectivity index (χ4v) is 3.22. The molecule has 2 heterocycles. The molecular formula is C17H24ClN2O3-. The zero-order valence-electron chi connectivity index (χ0n) is 13.7. The molecule has 0 saturated carbocycles. The molecule has 1 N–H and O–H groups in total. The zero-order chi connectivity index (χ0) is 15.5. The Balaban J connectivity index is 0.00000192. The predicted octanol–water partition coefficient (Wildman–Crippen LogP) is -0.553. The molecule has 1 aromatic rings. The first kappa shape index (κ1) is 17.9. The first-order valence-electron chi connectivity index (χ1n) is 8.05. The van der Waals surface area contributed by atoms with Crippen LogP contribution >= 0.6 is 0 Å². The topological polar surface area (TPSA) is 50.8 Å². The monoisotopic (exact) mass is 339 g/mol. The van der Waals surface area contributed by atoms with E-state index in [0.29, 0.717) is 18.0 Å². The standard InChI is InChI=1S/C17H24N2O3.ClH/c1-12-8-13-9-16(21-2)14(10-15(13)22-12)18-17(20)11-19-6-4-3-5-7-19;/h9-10,12H,3-8,11H2,1-2H3,(H,18,20);1H/p-1. The summed E-state index contributed by atoms with van der Waals surface area (Å²) in [6, 6.07) is 3.85. The van der Waals surface area contributed by atoms with Crippen molar-refractivity contribution >= 4 is 11.6 Å². The molecule has 0 spiro atoms. The van der Waals surface area contributed by atoms with Crippen molar-refractivity contribution in [1.29, 1.82) is 0 Å². The van der Waals surface area contributed by atoms with Crippen molar-refractivity contribution in [2.24, 2.45) is 0 Å².